The van der Waals surface area contributed by atoms with Crippen molar-refractivity contribution in [1.82, 2.24) is 10.2 Å². The van der Waals surface area contributed by atoms with E-state index in [0.717, 1.165) is 24.4 Å². The molecule has 1 heterocycles. The lowest BCUT2D eigenvalue weighted by Gasteiger charge is -2.37. The van der Waals surface area contributed by atoms with Crippen LogP contribution in [0, 0.1) is 0 Å². The smallest absolute Gasteiger partial charge is 0.0240 e. The van der Waals surface area contributed by atoms with Gasteiger partial charge in [0.2, 0.25) is 0 Å². The van der Waals surface area contributed by atoms with Gasteiger partial charge in [-0.1, -0.05) is 31.2 Å². The van der Waals surface area contributed by atoms with Crippen LogP contribution in [0.25, 0.3) is 0 Å². The molecule has 1 aromatic carbocycles. The highest BCUT2D eigenvalue weighted by molar-refractivity contribution is 8.00. The van der Waals surface area contributed by atoms with Crippen molar-refractivity contribution in [3.63, 3.8) is 0 Å². The van der Waals surface area contributed by atoms with Crippen molar-refractivity contribution >= 4 is 11.8 Å². The molecular weight excluding hydrogens is 276 g/mol. The molecule has 1 aromatic rings. The number of rotatable bonds is 6. The van der Waals surface area contributed by atoms with Crippen molar-refractivity contribution in [2.75, 3.05) is 18.8 Å². The summed E-state index contributed by atoms with van der Waals surface area (Å²) in [6.45, 7) is 8.22. The van der Waals surface area contributed by atoms with Crippen LogP contribution >= 0.6 is 11.8 Å². The molecule has 2 aliphatic rings. The molecule has 0 radical (unpaired) electrons. The lowest BCUT2D eigenvalue weighted by molar-refractivity contribution is 0.204. The molecule has 3 rings (SSSR count). The molecule has 2 unspecified atom stereocenters. The highest BCUT2D eigenvalue weighted by Crippen LogP contribution is 2.26. The first-order chi connectivity index (χ1) is 10.2. The highest BCUT2D eigenvalue weighted by atomic mass is 32.2. The third kappa shape index (κ3) is 4.24. The molecule has 21 heavy (non-hydrogen) atoms. The van der Waals surface area contributed by atoms with Gasteiger partial charge in [0.05, 0.1) is 0 Å². The van der Waals surface area contributed by atoms with E-state index >= 15 is 0 Å². The van der Waals surface area contributed by atoms with E-state index in [1.54, 1.807) is 0 Å². The van der Waals surface area contributed by atoms with E-state index in [9.17, 15) is 0 Å². The monoisotopic (exact) mass is 304 g/mol. The zero-order valence-corrected chi connectivity index (χ0v) is 14.2. The number of nitrogens with one attached hydrogen (secondary N) is 1. The van der Waals surface area contributed by atoms with Gasteiger partial charge in [0, 0.05) is 36.2 Å². The first-order valence-corrected chi connectivity index (χ1v) is 9.45. The minimum Gasteiger partial charge on any atom is -0.314 e. The molecule has 0 spiro atoms. The van der Waals surface area contributed by atoms with Crippen LogP contribution in [-0.2, 0) is 13.0 Å². The molecule has 116 valence electrons. The average Bonchev–Trinajstić information content (AvgIpc) is 3.30. The summed E-state index contributed by atoms with van der Waals surface area (Å²) in [5.74, 6) is 1.27. The molecule has 2 nitrogen and oxygen atoms in total. The van der Waals surface area contributed by atoms with Crippen molar-refractivity contribution in [2.24, 2.45) is 0 Å². The van der Waals surface area contributed by atoms with Crippen LogP contribution in [0.15, 0.2) is 24.3 Å². The fraction of sp³-hybridized carbons (Fsp3) is 0.667. The Morgan fingerprint density at radius 2 is 1.95 bits per heavy atom. The van der Waals surface area contributed by atoms with Crippen molar-refractivity contribution in [2.45, 2.75) is 57.0 Å². The topological polar surface area (TPSA) is 15.3 Å². The van der Waals surface area contributed by atoms with Crippen LogP contribution < -0.4 is 5.32 Å². The quantitative estimate of drug-likeness (QED) is 0.868. The van der Waals surface area contributed by atoms with Gasteiger partial charge in [0.15, 0.2) is 0 Å². The molecule has 2 atom stereocenters. The fourth-order valence-corrected chi connectivity index (χ4v) is 4.25. The summed E-state index contributed by atoms with van der Waals surface area (Å²) in [7, 11) is 0. The van der Waals surface area contributed by atoms with Gasteiger partial charge in [-0.2, -0.15) is 11.8 Å². The van der Waals surface area contributed by atoms with Crippen molar-refractivity contribution in [3.8, 4) is 0 Å². The van der Waals surface area contributed by atoms with Gasteiger partial charge >= 0.3 is 0 Å². The number of nitrogens with zero attached hydrogens (tertiary/aromatic N) is 1. The van der Waals surface area contributed by atoms with Gasteiger partial charge < -0.3 is 5.32 Å². The predicted molar refractivity (Wildman–Crippen MR) is 93.0 cm³/mol. The summed E-state index contributed by atoms with van der Waals surface area (Å²) >= 11 is 2.12. The Morgan fingerprint density at radius 3 is 2.71 bits per heavy atom. The van der Waals surface area contributed by atoms with E-state index in [1.165, 1.54) is 42.7 Å². The van der Waals surface area contributed by atoms with Crippen LogP contribution in [0.1, 0.15) is 37.8 Å². The van der Waals surface area contributed by atoms with Gasteiger partial charge in [-0.15, -0.1) is 0 Å². The zero-order valence-electron chi connectivity index (χ0n) is 13.3. The molecule has 0 amide bonds. The maximum Gasteiger partial charge on any atom is 0.0240 e. The SMILES string of the molecule is CC1SCCN(Cc2ccccc2CCNC2CC2)C1C. The summed E-state index contributed by atoms with van der Waals surface area (Å²) in [6, 6.07) is 10.5. The number of hydrogen-bond acceptors (Lipinski definition) is 3. The Hall–Kier alpha value is -0.510. The van der Waals surface area contributed by atoms with Gasteiger partial charge in [-0.3, -0.25) is 4.90 Å². The fourth-order valence-electron chi connectivity index (χ4n) is 3.09. The molecule has 0 bridgehead atoms. The summed E-state index contributed by atoms with van der Waals surface area (Å²) in [5.41, 5.74) is 3.06. The largest absolute Gasteiger partial charge is 0.314 e. The van der Waals surface area contributed by atoms with Crippen molar-refractivity contribution in [3.05, 3.63) is 35.4 Å². The van der Waals surface area contributed by atoms with Gasteiger partial charge in [0.1, 0.15) is 0 Å². The third-order valence-electron chi connectivity index (χ3n) is 4.91. The zero-order chi connectivity index (χ0) is 14.7. The Bertz CT molecular complexity index is 458. The van der Waals surface area contributed by atoms with Crippen LogP contribution in [0.2, 0.25) is 0 Å². The third-order valence-corrected chi connectivity index (χ3v) is 6.25. The van der Waals surface area contributed by atoms with Gasteiger partial charge in [-0.05, 0) is 43.9 Å². The van der Waals surface area contributed by atoms with E-state index < -0.39 is 0 Å². The maximum atomic E-state index is 3.63. The standard InChI is InChI=1S/C18H28N2S/c1-14-15(2)21-12-11-20(14)13-17-6-4-3-5-16(17)9-10-19-18-7-8-18/h3-6,14-15,18-19H,7-13H2,1-2H3. The second-order valence-electron chi connectivity index (χ2n) is 6.53. The lowest BCUT2D eigenvalue weighted by atomic mass is 10.0. The van der Waals surface area contributed by atoms with Crippen LogP contribution in [0.3, 0.4) is 0 Å². The van der Waals surface area contributed by atoms with Crippen LogP contribution in [0.4, 0.5) is 0 Å². The molecule has 3 heteroatoms. The van der Waals surface area contributed by atoms with Gasteiger partial charge in [0.25, 0.3) is 0 Å². The predicted octanol–water partition coefficient (Wildman–Crippen LogP) is 3.31. The summed E-state index contributed by atoms with van der Waals surface area (Å²) in [5, 5.41) is 4.39. The Labute approximate surface area is 133 Å². The summed E-state index contributed by atoms with van der Waals surface area (Å²) in [6.07, 6.45) is 3.92. The molecular formula is C18H28N2S. The first kappa shape index (κ1) is 15.4. The second-order valence-corrected chi connectivity index (χ2v) is 8.02. The second kappa shape index (κ2) is 7.17. The first-order valence-electron chi connectivity index (χ1n) is 8.40. The Balaban J connectivity index is 1.60. The van der Waals surface area contributed by atoms with Gasteiger partial charge in [-0.25, -0.2) is 0 Å². The van der Waals surface area contributed by atoms with E-state index in [-0.39, 0.29) is 0 Å². The number of thioether (sulfide) groups is 1. The van der Waals surface area contributed by atoms with Crippen LogP contribution in [0.5, 0.6) is 0 Å². The maximum absolute atomic E-state index is 3.63. The van der Waals surface area contributed by atoms with Crippen molar-refractivity contribution in [1.29, 1.82) is 0 Å². The average molecular weight is 305 g/mol. The number of hydrogen-bond donors (Lipinski definition) is 1. The van der Waals surface area contributed by atoms with E-state index in [2.05, 4.69) is 60.1 Å². The molecule has 1 saturated carbocycles. The molecule has 1 aliphatic heterocycles. The lowest BCUT2D eigenvalue weighted by Crippen LogP contribution is -2.44. The Kier molecular flexibility index (Phi) is 5.25. The van der Waals surface area contributed by atoms with E-state index in [0.29, 0.717) is 6.04 Å². The highest BCUT2D eigenvalue weighted by Gasteiger charge is 2.25. The summed E-state index contributed by atoms with van der Waals surface area (Å²) < 4.78 is 0. The van der Waals surface area contributed by atoms with E-state index in [1.807, 2.05) is 0 Å². The molecule has 1 N–H and O–H groups in total. The van der Waals surface area contributed by atoms with E-state index in [4.69, 9.17) is 0 Å². The van der Waals surface area contributed by atoms with Crippen LogP contribution in [-0.4, -0.2) is 41.1 Å². The minimum atomic E-state index is 0.682. The molecule has 0 aromatic heterocycles. The molecule has 1 aliphatic carbocycles. The normalized spacial score (nSPS) is 27.0. The molecule has 1 saturated heterocycles. The Morgan fingerprint density at radius 1 is 1.19 bits per heavy atom. The number of benzene rings is 1. The summed E-state index contributed by atoms with van der Waals surface area (Å²) in [4.78, 5) is 2.66. The minimum absolute atomic E-state index is 0.682. The van der Waals surface area contributed by atoms with Crippen molar-refractivity contribution < 1.29 is 0 Å². The molecule has 2 fully saturated rings.